The summed E-state index contributed by atoms with van der Waals surface area (Å²) in [6.45, 7) is -5.45. The molecule has 0 spiro atoms. The summed E-state index contributed by atoms with van der Waals surface area (Å²) in [5.74, 6) is 0. The molecule has 0 saturated heterocycles. The monoisotopic (exact) mass is 267 g/mol. The summed E-state index contributed by atoms with van der Waals surface area (Å²) >= 11 is 0. The number of alkyl halides is 3. The van der Waals surface area contributed by atoms with E-state index in [4.69, 9.17) is 5.73 Å². The number of anilines is 1. The summed E-state index contributed by atoms with van der Waals surface area (Å²) in [5, 5.41) is 0. The Labute approximate surface area is 130 Å². The topological polar surface area (TPSA) is 26.0 Å². The van der Waals surface area contributed by atoms with Crippen LogP contribution in [0.15, 0.2) is 18.2 Å². The molecule has 0 aromatic heterocycles. The van der Waals surface area contributed by atoms with Crippen molar-refractivity contribution < 1.29 is 77.5 Å². The molecule has 9 heteroatoms. The van der Waals surface area contributed by atoms with Crippen molar-refractivity contribution in [3.63, 3.8) is 0 Å². The first kappa shape index (κ1) is 16.3. The van der Waals surface area contributed by atoms with Crippen molar-refractivity contribution in [2.24, 2.45) is 0 Å². The molecule has 0 heterocycles. The normalized spacial score (nSPS) is 12.1. The fraction of sp³-hybridized carbons (Fsp3) is 0.143. The third-order valence-electron chi connectivity index (χ3n) is 1.76. The molecule has 0 fully saturated rings. The molecule has 1 nitrogen and oxygen atoms in total. The predicted molar refractivity (Wildman–Crippen MR) is 44.6 cm³/mol. The maximum atomic E-state index is 12.2. The third-order valence-corrected chi connectivity index (χ3v) is 1.76. The number of halogens is 6. The molecule has 1 rings (SSSR count). The van der Waals surface area contributed by atoms with E-state index in [1.807, 2.05) is 0 Å². The van der Waals surface area contributed by atoms with Crippen LogP contribution in [0.1, 0.15) is 5.56 Å². The summed E-state index contributed by atoms with van der Waals surface area (Å²) in [4.78, 5) is 0. The third kappa shape index (κ3) is 3.95. The van der Waals surface area contributed by atoms with E-state index in [1.54, 1.807) is 0 Å². The van der Waals surface area contributed by atoms with Gasteiger partial charge in [0.2, 0.25) is 0 Å². The average molecular weight is 267 g/mol. The van der Waals surface area contributed by atoms with Crippen molar-refractivity contribution in [1.29, 1.82) is 0 Å². The summed E-state index contributed by atoms with van der Waals surface area (Å²) in [6.07, 6.45) is -4.87. The van der Waals surface area contributed by atoms with E-state index in [1.165, 1.54) is 0 Å². The van der Waals surface area contributed by atoms with Crippen molar-refractivity contribution in [3.05, 3.63) is 23.8 Å². The molecule has 0 aliphatic rings. The maximum absolute atomic E-state index is 12.2. The largest absolute Gasteiger partial charge is 1.00 e. The number of benzene rings is 1. The van der Waals surface area contributed by atoms with Crippen LogP contribution in [-0.2, 0) is 6.18 Å². The molecule has 16 heavy (non-hydrogen) atoms. The van der Waals surface area contributed by atoms with Crippen LogP contribution in [0.3, 0.4) is 0 Å². The van der Waals surface area contributed by atoms with Crippen molar-refractivity contribution >= 4 is 18.1 Å². The van der Waals surface area contributed by atoms with Crippen molar-refractivity contribution in [1.82, 2.24) is 0 Å². The summed E-state index contributed by atoms with van der Waals surface area (Å²) in [6, 6.07) is 1.16. The van der Waals surface area contributed by atoms with Gasteiger partial charge in [-0.05, 0) is 6.07 Å². The zero-order valence-corrected chi connectivity index (χ0v) is 11.3. The first-order valence-corrected chi connectivity index (χ1v) is 3.79. The van der Waals surface area contributed by atoms with Gasteiger partial charge in [-0.2, -0.15) is 13.2 Å². The van der Waals surface area contributed by atoms with Gasteiger partial charge in [-0.3, -0.25) is 0 Å². The Balaban J connectivity index is 0.00000225. The standard InChI is InChI=1S/C7H5BF6N.K/c9-7(10,11)5-3-4(8(12,13)14)1-2-6(5)15;/h1-3H,15H2;/q-1;+1. The summed E-state index contributed by atoms with van der Waals surface area (Å²) in [7, 11) is 0. The van der Waals surface area contributed by atoms with Crippen LogP contribution in [0, 0.1) is 0 Å². The second kappa shape index (κ2) is 5.30. The summed E-state index contributed by atoms with van der Waals surface area (Å²) in [5.41, 5.74) is 1.45. The van der Waals surface area contributed by atoms with Gasteiger partial charge in [0, 0.05) is 5.69 Å². The van der Waals surface area contributed by atoms with Crippen LogP contribution in [0.5, 0.6) is 0 Å². The maximum Gasteiger partial charge on any atom is 1.00 e. The van der Waals surface area contributed by atoms with Crippen LogP contribution >= 0.6 is 0 Å². The molecule has 2 N–H and O–H groups in total. The van der Waals surface area contributed by atoms with E-state index >= 15 is 0 Å². The number of hydrogen-bond acceptors (Lipinski definition) is 1. The predicted octanol–water partition coefficient (Wildman–Crippen LogP) is -0.654. The molecular weight excluding hydrogens is 262 g/mol. The van der Waals surface area contributed by atoms with E-state index in [-0.39, 0.29) is 57.5 Å². The molecule has 1 aromatic carbocycles. The zero-order chi connectivity index (χ0) is 11.9. The molecule has 84 valence electrons. The van der Waals surface area contributed by atoms with Crippen LogP contribution < -0.4 is 62.6 Å². The van der Waals surface area contributed by atoms with Crippen LogP contribution in [0.2, 0.25) is 0 Å². The van der Waals surface area contributed by atoms with Gasteiger partial charge in [0.1, 0.15) is 0 Å². The smallest absolute Gasteiger partial charge is 0.445 e. The van der Waals surface area contributed by atoms with Crippen molar-refractivity contribution in [3.8, 4) is 0 Å². The molecule has 1 aromatic rings. The molecule has 0 amide bonds. The van der Waals surface area contributed by atoms with Gasteiger partial charge in [-0.25, -0.2) is 0 Å². The minimum absolute atomic E-state index is 0. The molecule has 0 aliphatic carbocycles. The molecule has 0 aliphatic heterocycles. The molecule has 0 radical (unpaired) electrons. The SMILES string of the molecule is Nc1ccc([B-](F)(F)F)cc1C(F)(F)F.[K+]. The minimum atomic E-state index is -5.45. The van der Waals surface area contributed by atoms with E-state index in [0.717, 1.165) is 0 Å². The van der Waals surface area contributed by atoms with Crippen molar-refractivity contribution in [2.45, 2.75) is 6.18 Å². The zero-order valence-electron chi connectivity index (χ0n) is 8.15. The van der Waals surface area contributed by atoms with Crippen LogP contribution in [0.4, 0.5) is 31.8 Å². The second-order valence-corrected chi connectivity index (χ2v) is 2.92. The number of nitrogens with two attached hydrogens (primary N) is 1. The molecule has 0 unspecified atom stereocenters. The Hall–Kier alpha value is 0.301. The Morgan fingerprint density at radius 2 is 1.56 bits per heavy atom. The van der Waals surface area contributed by atoms with E-state index < -0.39 is 29.9 Å². The fourth-order valence-electron chi connectivity index (χ4n) is 1.02. The minimum Gasteiger partial charge on any atom is -0.445 e. The molecule has 0 atom stereocenters. The van der Waals surface area contributed by atoms with Gasteiger partial charge in [0.25, 0.3) is 0 Å². The molecule has 0 saturated carbocycles. The number of hydrogen-bond donors (Lipinski definition) is 1. The summed E-state index contributed by atoms with van der Waals surface area (Å²) < 4.78 is 73.0. The second-order valence-electron chi connectivity index (χ2n) is 2.92. The van der Waals surface area contributed by atoms with E-state index in [2.05, 4.69) is 0 Å². The van der Waals surface area contributed by atoms with E-state index in [9.17, 15) is 26.1 Å². The number of nitrogen functional groups attached to an aromatic ring is 1. The Morgan fingerprint density at radius 1 is 1.06 bits per heavy atom. The van der Waals surface area contributed by atoms with Gasteiger partial charge >= 0.3 is 64.5 Å². The quantitative estimate of drug-likeness (QED) is 0.408. The Kier molecular flexibility index (Phi) is 5.40. The molecule has 0 bridgehead atoms. The van der Waals surface area contributed by atoms with Gasteiger partial charge in [0.15, 0.2) is 0 Å². The first-order valence-electron chi connectivity index (χ1n) is 3.79. The van der Waals surface area contributed by atoms with Crippen LogP contribution in [-0.4, -0.2) is 6.98 Å². The Morgan fingerprint density at radius 3 is 1.94 bits per heavy atom. The van der Waals surface area contributed by atoms with E-state index in [0.29, 0.717) is 12.1 Å². The Bertz CT molecular complexity index is 374. The van der Waals surface area contributed by atoms with Gasteiger partial charge < -0.3 is 18.7 Å². The van der Waals surface area contributed by atoms with Gasteiger partial charge in [0.05, 0.1) is 5.56 Å². The first-order chi connectivity index (χ1) is 6.62. The van der Waals surface area contributed by atoms with Crippen molar-refractivity contribution in [2.75, 3.05) is 5.73 Å². The molecular formula is C7H5BF6KN. The number of rotatable bonds is 1. The fourth-order valence-corrected chi connectivity index (χ4v) is 1.02. The van der Waals surface area contributed by atoms with Gasteiger partial charge in [-0.1, -0.05) is 12.1 Å². The van der Waals surface area contributed by atoms with Crippen LogP contribution in [0.25, 0.3) is 0 Å². The van der Waals surface area contributed by atoms with Gasteiger partial charge in [-0.15, -0.1) is 5.46 Å². The average Bonchev–Trinajstić information content (AvgIpc) is 2.00.